The van der Waals surface area contributed by atoms with Crippen LogP contribution in [0.4, 0.5) is 10.9 Å². The summed E-state index contributed by atoms with van der Waals surface area (Å²) >= 11 is 1.41. The summed E-state index contributed by atoms with van der Waals surface area (Å²) in [6.45, 7) is 1.92. The minimum Gasteiger partial charge on any atom is -0.382 e. The Hall–Kier alpha value is -3.18. The maximum atomic E-state index is 12.2. The van der Waals surface area contributed by atoms with E-state index in [1.54, 1.807) is 30.5 Å². The Balaban J connectivity index is 1.80. The van der Waals surface area contributed by atoms with E-state index in [1.165, 1.54) is 22.2 Å². The molecular formula is C15H12N6OS. The lowest BCUT2D eigenvalue weighted by molar-refractivity contribution is 0.102. The first-order valence-electron chi connectivity index (χ1n) is 6.66. The monoisotopic (exact) mass is 324 g/mol. The predicted octanol–water partition coefficient (Wildman–Crippen LogP) is 2.34. The van der Waals surface area contributed by atoms with Gasteiger partial charge in [0.05, 0.1) is 11.9 Å². The SMILES string of the molecule is Cc1cnc(NC(=O)c2ccc(-n3ncc(C#N)c3N)cc2)s1. The van der Waals surface area contributed by atoms with Gasteiger partial charge in [0.2, 0.25) is 0 Å². The van der Waals surface area contributed by atoms with Crippen LogP contribution in [-0.2, 0) is 0 Å². The molecule has 0 aliphatic rings. The third-order valence-electron chi connectivity index (χ3n) is 3.14. The van der Waals surface area contributed by atoms with E-state index in [2.05, 4.69) is 15.4 Å². The molecule has 3 aromatic rings. The lowest BCUT2D eigenvalue weighted by Gasteiger charge is -2.06. The number of aryl methyl sites for hydroxylation is 1. The minimum atomic E-state index is -0.239. The summed E-state index contributed by atoms with van der Waals surface area (Å²) in [6.07, 6.45) is 3.11. The first kappa shape index (κ1) is 14.7. The van der Waals surface area contributed by atoms with Gasteiger partial charge in [-0.3, -0.25) is 10.1 Å². The zero-order valence-corrected chi connectivity index (χ0v) is 13.0. The molecule has 0 saturated carbocycles. The van der Waals surface area contributed by atoms with Crippen molar-refractivity contribution in [1.82, 2.24) is 14.8 Å². The molecule has 2 aromatic heterocycles. The van der Waals surface area contributed by atoms with Gasteiger partial charge in [-0.2, -0.15) is 10.4 Å². The highest BCUT2D eigenvalue weighted by Crippen LogP contribution is 2.19. The fourth-order valence-corrected chi connectivity index (χ4v) is 2.65. The average molecular weight is 324 g/mol. The standard InChI is InChI=1S/C15H12N6OS/c1-9-7-18-15(23-9)20-14(22)10-2-4-12(5-3-10)21-13(17)11(6-16)8-19-21/h2-5,7-8H,17H2,1H3,(H,18,20,22). The highest BCUT2D eigenvalue weighted by atomic mass is 32.1. The summed E-state index contributed by atoms with van der Waals surface area (Å²) in [7, 11) is 0. The molecule has 23 heavy (non-hydrogen) atoms. The smallest absolute Gasteiger partial charge is 0.257 e. The molecule has 0 aliphatic heterocycles. The summed E-state index contributed by atoms with van der Waals surface area (Å²) in [4.78, 5) is 17.3. The molecule has 0 saturated heterocycles. The van der Waals surface area contributed by atoms with Gasteiger partial charge >= 0.3 is 0 Å². The molecule has 2 heterocycles. The van der Waals surface area contributed by atoms with E-state index in [4.69, 9.17) is 11.0 Å². The zero-order valence-electron chi connectivity index (χ0n) is 12.1. The van der Waals surface area contributed by atoms with Crippen LogP contribution in [0.3, 0.4) is 0 Å². The second kappa shape index (κ2) is 5.90. The summed E-state index contributed by atoms with van der Waals surface area (Å²) in [5.74, 6) is 0.0278. The molecule has 3 rings (SSSR count). The van der Waals surface area contributed by atoms with E-state index in [9.17, 15) is 4.79 Å². The molecule has 0 unspecified atom stereocenters. The van der Waals surface area contributed by atoms with Gasteiger partial charge in [-0.1, -0.05) is 0 Å². The van der Waals surface area contributed by atoms with E-state index in [0.717, 1.165) is 4.88 Å². The number of nitriles is 1. The second-order valence-electron chi connectivity index (χ2n) is 4.74. The van der Waals surface area contributed by atoms with Crippen molar-refractivity contribution in [2.75, 3.05) is 11.1 Å². The van der Waals surface area contributed by atoms with Gasteiger partial charge in [0.25, 0.3) is 5.91 Å². The van der Waals surface area contributed by atoms with Crippen LogP contribution in [-0.4, -0.2) is 20.7 Å². The maximum absolute atomic E-state index is 12.2. The number of thiazole rings is 1. The number of benzene rings is 1. The van der Waals surface area contributed by atoms with E-state index >= 15 is 0 Å². The number of carbonyl (C=O) groups excluding carboxylic acids is 1. The second-order valence-corrected chi connectivity index (χ2v) is 5.98. The molecule has 1 aromatic carbocycles. The van der Waals surface area contributed by atoms with Crippen LogP contribution >= 0.6 is 11.3 Å². The van der Waals surface area contributed by atoms with Crippen molar-refractivity contribution in [2.24, 2.45) is 0 Å². The molecule has 7 nitrogen and oxygen atoms in total. The predicted molar refractivity (Wildman–Crippen MR) is 87.5 cm³/mol. The number of nitrogens with one attached hydrogen (secondary N) is 1. The Kier molecular flexibility index (Phi) is 3.78. The Labute approximate surface area is 136 Å². The third-order valence-corrected chi connectivity index (χ3v) is 3.97. The number of amides is 1. The lowest BCUT2D eigenvalue weighted by Crippen LogP contribution is -2.11. The van der Waals surface area contributed by atoms with Crippen LogP contribution in [0.15, 0.2) is 36.7 Å². The minimum absolute atomic E-state index is 0.239. The van der Waals surface area contributed by atoms with Gasteiger partial charge in [-0.25, -0.2) is 9.67 Å². The van der Waals surface area contributed by atoms with Crippen molar-refractivity contribution in [3.8, 4) is 11.8 Å². The number of rotatable bonds is 3. The Morgan fingerprint density at radius 1 is 1.35 bits per heavy atom. The summed E-state index contributed by atoms with van der Waals surface area (Å²) < 4.78 is 1.45. The van der Waals surface area contributed by atoms with Crippen LogP contribution < -0.4 is 11.1 Å². The van der Waals surface area contributed by atoms with Gasteiger partial charge in [0.1, 0.15) is 17.5 Å². The molecule has 1 amide bonds. The topological polar surface area (TPSA) is 110 Å². The molecule has 0 radical (unpaired) electrons. The molecule has 3 N–H and O–H groups in total. The van der Waals surface area contributed by atoms with Gasteiger partial charge in [0.15, 0.2) is 5.13 Å². The van der Waals surface area contributed by atoms with Crippen LogP contribution in [0.2, 0.25) is 0 Å². The summed E-state index contributed by atoms with van der Waals surface area (Å²) in [5, 5.41) is 16.3. The van der Waals surface area contributed by atoms with E-state index in [-0.39, 0.29) is 11.7 Å². The largest absolute Gasteiger partial charge is 0.382 e. The van der Waals surface area contributed by atoms with Crippen molar-refractivity contribution < 1.29 is 4.79 Å². The first-order chi connectivity index (χ1) is 11.1. The van der Waals surface area contributed by atoms with E-state index in [0.29, 0.717) is 21.9 Å². The van der Waals surface area contributed by atoms with Crippen molar-refractivity contribution in [1.29, 1.82) is 5.26 Å². The van der Waals surface area contributed by atoms with Crippen LogP contribution in [0.25, 0.3) is 5.69 Å². The van der Waals surface area contributed by atoms with Crippen LogP contribution in [0.5, 0.6) is 0 Å². The highest BCUT2D eigenvalue weighted by molar-refractivity contribution is 7.15. The normalized spacial score (nSPS) is 10.3. The van der Waals surface area contributed by atoms with Crippen LogP contribution in [0, 0.1) is 18.3 Å². The fraction of sp³-hybridized carbons (Fsp3) is 0.0667. The Morgan fingerprint density at radius 2 is 2.09 bits per heavy atom. The van der Waals surface area contributed by atoms with Crippen molar-refractivity contribution >= 4 is 28.2 Å². The zero-order chi connectivity index (χ0) is 16.4. The Morgan fingerprint density at radius 3 is 2.65 bits per heavy atom. The number of aromatic nitrogens is 3. The van der Waals surface area contributed by atoms with E-state index in [1.807, 2.05) is 13.0 Å². The third kappa shape index (κ3) is 2.90. The van der Waals surface area contributed by atoms with Gasteiger partial charge in [0, 0.05) is 16.6 Å². The average Bonchev–Trinajstić information content (AvgIpc) is 3.13. The highest BCUT2D eigenvalue weighted by Gasteiger charge is 2.11. The molecule has 0 atom stereocenters. The molecule has 0 aliphatic carbocycles. The van der Waals surface area contributed by atoms with Crippen molar-refractivity contribution in [3.63, 3.8) is 0 Å². The van der Waals surface area contributed by atoms with Gasteiger partial charge in [-0.15, -0.1) is 11.3 Å². The number of nitrogens with zero attached hydrogens (tertiary/aromatic N) is 4. The fourth-order valence-electron chi connectivity index (χ4n) is 1.99. The number of hydrogen-bond acceptors (Lipinski definition) is 6. The molecule has 0 spiro atoms. The number of hydrogen-bond donors (Lipinski definition) is 2. The number of nitrogen functional groups attached to an aromatic ring is 1. The molecule has 0 fully saturated rings. The molecule has 114 valence electrons. The molecular weight excluding hydrogens is 312 g/mol. The summed E-state index contributed by atoms with van der Waals surface area (Å²) in [5.41, 5.74) is 7.32. The summed E-state index contributed by atoms with van der Waals surface area (Å²) in [6, 6.07) is 8.73. The van der Waals surface area contributed by atoms with E-state index < -0.39 is 0 Å². The van der Waals surface area contributed by atoms with Crippen LogP contribution in [0.1, 0.15) is 20.8 Å². The Bertz CT molecular complexity index is 903. The van der Waals surface area contributed by atoms with Crippen molar-refractivity contribution in [2.45, 2.75) is 6.92 Å². The number of carbonyl (C=O) groups is 1. The number of nitrogens with two attached hydrogens (primary N) is 1. The molecule has 0 bridgehead atoms. The van der Waals surface area contributed by atoms with Gasteiger partial charge in [-0.05, 0) is 31.2 Å². The lowest BCUT2D eigenvalue weighted by atomic mass is 10.2. The quantitative estimate of drug-likeness (QED) is 0.768. The van der Waals surface area contributed by atoms with Crippen molar-refractivity contribution in [3.05, 3.63) is 52.7 Å². The number of anilines is 2. The first-order valence-corrected chi connectivity index (χ1v) is 7.48. The maximum Gasteiger partial charge on any atom is 0.257 e. The molecule has 8 heteroatoms. The van der Waals surface area contributed by atoms with Gasteiger partial charge < -0.3 is 5.73 Å².